The fraction of sp³-hybridized carbons (Fsp3) is 0.947. The lowest BCUT2D eigenvalue weighted by Crippen LogP contribution is -2.57. The lowest BCUT2D eigenvalue weighted by Gasteiger charge is -2.60. The first-order valence-corrected chi connectivity index (χ1v) is 18.7. The number of rotatable bonds is 31. The van der Waals surface area contributed by atoms with E-state index in [1.807, 2.05) is 0 Å². The second-order valence-electron chi connectivity index (χ2n) is 13.7. The Morgan fingerprint density at radius 3 is 1.21 bits per heavy atom. The van der Waals surface area contributed by atoms with Crippen LogP contribution in [-0.4, -0.2) is 22.2 Å². The van der Waals surface area contributed by atoms with Crippen LogP contribution in [0.4, 0.5) is 0 Å². The fourth-order valence-corrected chi connectivity index (χ4v) is 8.47. The summed E-state index contributed by atoms with van der Waals surface area (Å²) in [5.41, 5.74) is -0.968. The topological polar surface area (TPSA) is 74.6 Å². The van der Waals surface area contributed by atoms with Crippen molar-refractivity contribution in [1.82, 2.24) is 0 Å². The molecule has 0 amide bonds. The van der Waals surface area contributed by atoms with Gasteiger partial charge >= 0.3 is 11.9 Å². The Morgan fingerprint density at radius 2 is 0.833 bits per heavy atom. The predicted octanol–water partition coefficient (Wildman–Crippen LogP) is 12.8. The molecule has 0 aromatic heterocycles. The number of carbonyl (C=O) groups is 2. The molecule has 2 N–H and O–H groups in total. The third-order valence-electron chi connectivity index (χ3n) is 11.1. The minimum atomic E-state index is -0.713. The highest BCUT2D eigenvalue weighted by molar-refractivity contribution is 5.76. The van der Waals surface area contributed by atoms with Crippen molar-refractivity contribution in [3.8, 4) is 0 Å². The van der Waals surface area contributed by atoms with Gasteiger partial charge in [0.2, 0.25) is 0 Å². The van der Waals surface area contributed by atoms with Crippen LogP contribution in [0.1, 0.15) is 215 Å². The summed E-state index contributed by atoms with van der Waals surface area (Å²) in [6.45, 7) is 13.7. The van der Waals surface area contributed by atoms with Crippen LogP contribution in [0.25, 0.3) is 0 Å². The second-order valence-corrected chi connectivity index (χ2v) is 13.7. The SMILES string of the molecule is CCCCCCCCC(CCCCCCCC)(C(=O)O)C(CCCC)(CCCC)C(CC)(CC)CCCCCC(=O)O. The fourth-order valence-electron chi connectivity index (χ4n) is 8.47. The van der Waals surface area contributed by atoms with Gasteiger partial charge in [0.25, 0.3) is 0 Å². The summed E-state index contributed by atoms with van der Waals surface area (Å²) >= 11 is 0. The van der Waals surface area contributed by atoms with E-state index in [-0.39, 0.29) is 17.3 Å². The summed E-state index contributed by atoms with van der Waals surface area (Å²) in [6.07, 6.45) is 28.2. The molecule has 0 heterocycles. The van der Waals surface area contributed by atoms with Gasteiger partial charge < -0.3 is 10.2 Å². The first kappa shape index (κ1) is 40.9. The zero-order valence-corrected chi connectivity index (χ0v) is 29.3. The van der Waals surface area contributed by atoms with Crippen molar-refractivity contribution in [3.05, 3.63) is 0 Å². The summed E-state index contributed by atoms with van der Waals surface area (Å²) in [6, 6.07) is 0. The van der Waals surface area contributed by atoms with Crippen LogP contribution in [0.2, 0.25) is 0 Å². The molecule has 0 bridgehead atoms. The van der Waals surface area contributed by atoms with Crippen molar-refractivity contribution in [2.75, 3.05) is 0 Å². The summed E-state index contributed by atoms with van der Waals surface area (Å²) in [5.74, 6) is -1.23. The van der Waals surface area contributed by atoms with E-state index >= 15 is 0 Å². The maximum absolute atomic E-state index is 14.0. The quantitative estimate of drug-likeness (QED) is 0.0783. The maximum atomic E-state index is 14.0. The Labute approximate surface area is 262 Å². The molecule has 0 rings (SSSR count). The van der Waals surface area contributed by atoms with Gasteiger partial charge in [-0.1, -0.05) is 157 Å². The van der Waals surface area contributed by atoms with Crippen molar-refractivity contribution in [1.29, 1.82) is 0 Å². The van der Waals surface area contributed by atoms with Crippen molar-refractivity contribution >= 4 is 11.9 Å². The molecule has 0 aliphatic rings. The van der Waals surface area contributed by atoms with E-state index in [1.54, 1.807) is 0 Å². The molecular formula is C38H74O4. The molecule has 42 heavy (non-hydrogen) atoms. The first-order chi connectivity index (χ1) is 20.2. The lowest BCUT2D eigenvalue weighted by molar-refractivity contribution is -0.182. The standard InChI is InChI=1S/C38H74O4/c1-7-13-17-19-21-26-30-37(35(41)42,31-27-22-20-18-14-8-2)38(32-15-9-3,33-16-10-4)36(11-5,12-6)29-25-23-24-28-34(39)40/h7-33H2,1-6H3,(H,39,40)(H,41,42). The molecule has 250 valence electrons. The molecular weight excluding hydrogens is 520 g/mol. The largest absolute Gasteiger partial charge is 0.481 e. The van der Waals surface area contributed by atoms with E-state index in [2.05, 4.69) is 41.5 Å². The number of carboxylic acid groups (broad SMARTS) is 2. The molecule has 0 aliphatic carbocycles. The normalized spacial score (nSPS) is 12.6. The van der Waals surface area contributed by atoms with Crippen LogP contribution < -0.4 is 0 Å². The van der Waals surface area contributed by atoms with Crippen LogP contribution in [0.15, 0.2) is 0 Å². The van der Waals surface area contributed by atoms with Gasteiger partial charge in [-0.2, -0.15) is 0 Å². The average molecular weight is 595 g/mol. The van der Waals surface area contributed by atoms with Crippen molar-refractivity contribution in [2.24, 2.45) is 16.2 Å². The van der Waals surface area contributed by atoms with Gasteiger partial charge in [-0.25, -0.2) is 0 Å². The lowest BCUT2D eigenvalue weighted by atomic mass is 9.42. The molecule has 0 aromatic carbocycles. The molecule has 0 aromatic rings. The summed E-state index contributed by atoms with van der Waals surface area (Å²) < 4.78 is 0. The minimum absolute atomic E-state index is 0.0383. The monoisotopic (exact) mass is 595 g/mol. The molecule has 0 aliphatic heterocycles. The second kappa shape index (κ2) is 24.3. The Balaban J connectivity index is 6.75. The minimum Gasteiger partial charge on any atom is -0.481 e. The van der Waals surface area contributed by atoms with Crippen LogP contribution >= 0.6 is 0 Å². The van der Waals surface area contributed by atoms with E-state index in [0.29, 0.717) is 0 Å². The molecule has 4 nitrogen and oxygen atoms in total. The zero-order chi connectivity index (χ0) is 31.7. The van der Waals surface area contributed by atoms with Gasteiger partial charge in [0, 0.05) is 6.42 Å². The summed E-state index contributed by atoms with van der Waals surface area (Å²) in [4.78, 5) is 25.2. The molecule has 0 saturated heterocycles. The van der Waals surface area contributed by atoms with Gasteiger partial charge in [-0.3, -0.25) is 9.59 Å². The average Bonchev–Trinajstić information content (AvgIpc) is 2.98. The third kappa shape index (κ3) is 12.9. The van der Waals surface area contributed by atoms with Crippen molar-refractivity contribution in [2.45, 2.75) is 215 Å². The molecule has 0 saturated carbocycles. The van der Waals surface area contributed by atoms with E-state index in [9.17, 15) is 19.8 Å². The van der Waals surface area contributed by atoms with Crippen LogP contribution in [0.5, 0.6) is 0 Å². The summed E-state index contributed by atoms with van der Waals surface area (Å²) in [7, 11) is 0. The van der Waals surface area contributed by atoms with Gasteiger partial charge in [0.05, 0.1) is 5.41 Å². The highest BCUT2D eigenvalue weighted by Gasteiger charge is 2.62. The molecule has 0 radical (unpaired) electrons. The van der Waals surface area contributed by atoms with E-state index in [0.717, 1.165) is 116 Å². The number of aliphatic carboxylic acids is 2. The van der Waals surface area contributed by atoms with Gasteiger partial charge in [-0.05, 0) is 62.2 Å². The van der Waals surface area contributed by atoms with Crippen molar-refractivity contribution < 1.29 is 19.8 Å². The number of hydrogen-bond acceptors (Lipinski definition) is 2. The molecule has 4 heteroatoms. The van der Waals surface area contributed by atoms with Gasteiger partial charge in [-0.15, -0.1) is 0 Å². The number of carboxylic acids is 2. The Hall–Kier alpha value is -1.06. The van der Waals surface area contributed by atoms with E-state index in [4.69, 9.17) is 0 Å². The van der Waals surface area contributed by atoms with E-state index < -0.39 is 17.4 Å². The smallest absolute Gasteiger partial charge is 0.310 e. The highest BCUT2D eigenvalue weighted by Crippen LogP contribution is 2.66. The Kier molecular flexibility index (Phi) is 23.7. The van der Waals surface area contributed by atoms with Gasteiger partial charge in [0.15, 0.2) is 0 Å². The Morgan fingerprint density at radius 1 is 0.452 bits per heavy atom. The highest BCUT2D eigenvalue weighted by atomic mass is 16.4. The molecule has 0 fully saturated rings. The molecule has 0 atom stereocenters. The number of unbranched alkanes of at least 4 members (excludes halogenated alkanes) is 14. The maximum Gasteiger partial charge on any atom is 0.310 e. The van der Waals surface area contributed by atoms with Crippen molar-refractivity contribution in [3.63, 3.8) is 0 Å². The zero-order valence-electron chi connectivity index (χ0n) is 29.3. The Bertz CT molecular complexity index is 642. The van der Waals surface area contributed by atoms with E-state index in [1.165, 1.54) is 51.4 Å². The predicted molar refractivity (Wildman–Crippen MR) is 181 cm³/mol. The number of hydrogen-bond donors (Lipinski definition) is 2. The molecule has 0 unspecified atom stereocenters. The first-order valence-electron chi connectivity index (χ1n) is 18.7. The summed E-state index contributed by atoms with van der Waals surface area (Å²) in [5, 5.41) is 20.7. The van der Waals surface area contributed by atoms with Gasteiger partial charge in [0.1, 0.15) is 0 Å². The van der Waals surface area contributed by atoms with Crippen LogP contribution in [0.3, 0.4) is 0 Å². The molecule has 0 spiro atoms. The van der Waals surface area contributed by atoms with Crippen LogP contribution in [-0.2, 0) is 9.59 Å². The van der Waals surface area contributed by atoms with Crippen LogP contribution in [0, 0.1) is 16.2 Å². The third-order valence-corrected chi connectivity index (χ3v) is 11.1.